The Morgan fingerprint density at radius 1 is 0.583 bits per heavy atom. The molecule has 0 amide bonds. The van der Waals surface area contributed by atoms with Crippen molar-refractivity contribution in [3.63, 3.8) is 0 Å². The van der Waals surface area contributed by atoms with Crippen molar-refractivity contribution >= 4 is 0 Å². The molecule has 0 aromatic rings. The number of rotatable bonds is 9. The molecule has 6 heterocycles. The van der Waals surface area contributed by atoms with E-state index >= 15 is 0 Å². The van der Waals surface area contributed by atoms with Gasteiger partial charge in [0.25, 0.3) is 0 Å². The van der Waals surface area contributed by atoms with Crippen LogP contribution in [0.1, 0.15) is 99.8 Å². The fourth-order valence-corrected chi connectivity index (χ4v) is 15.4. The minimum absolute atomic E-state index is 0.00847. The Kier molecular flexibility index (Phi) is 15.3. The first-order valence-electron chi connectivity index (χ1n) is 26.7. The van der Waals surface area contributed by atoms with Crippen LogP contribution in [-0.4, -0.2) is 216 Å². The third-order valence-corrected chi connectivity index (χ3v) is 19.7. The van der Waals surface area contributed by atoms with Gasteiger partial charge in [-0.15, -0.1) is 0 Å². The van der Waals surface area contributed by atoms with Gasteiger partial charge in [-0.05, 0) is 106 Å². The molecule has 0 aromatic heterocycles. The summed E-state index contributed by atoms with van der Waals surface area (Å²) in [6, 6.07) is 0. The SMILES string of the molecule is CC1CCC2(OC1)OC1CC3C4C(O)C=C5CC(OC6OC(CO)C(OC7OC(C)C(OC8OC(C)C(O)C(O)C8O)C(O)C7O)C(O)C6OC6OC(C)C(O)C(O)C6O)CCC5(C)C4CCC3(C)C1C2C. The lowest BCUT2D eigenvalue weighted by molar-refractivity contribution is -0.394. The van der Waals surface area contributed by atoms with E-state index in [4.69, 9.17) is 47.4 Å². The minimum Gasteiger partial charge on any atom is -0.394 e. The highest BCUT2D eigenvalue weighted by molar-refractivity contribution is 5.29. The molecule has 6 saturated heterocycles. The molecular weight excluding hydrogens is 949 g/mol. The number of aliphatic hydroxyl groups excluding tert-OH is 11. The van der Waals surface area contributed by atoms with E-state index in [1.165, 1.54) is 20.8 Å². The van der Waals surface area contributed by atoms with Gasteiger partial charge < -0.3 is 104 Å². The molecule has 0 radical (unpaired) electrons. The molecule has 412 valence electrons. The Labute approximate surface area is 420 Å². The zero-order chi connectivity index (χ0) is 51.7. The van der Waals surface area contributed by atoms with Gasteiger partial charge in [0.2, 0.25) is 0 Å². The first-order valence-corrected chi connectivity index (χ1v) is 26.7. The Morgan fingerprint density at radius 2 is 1.18 bits per heavy atom. The molecule has 4 aliphatic carbocycles. The maximum atomic E-state index is 12.3. The van der Waals surface area contributed by atoms with Gasteiger partial charge >= 0.3 is 0 Å². The van der Waals surface area contributed by atoms with E-state index in [0.717, 1.165) is 44.1 Å². The summed E-state index contributed by atoms with van der Waals surface area (Å²) in [6.45, 7) is 13.7. The topological polar surface area (TPSA) is 315 Å². The fourth-order valence-electron chi connectivity index (χ4n) is 15.4. The second kappa shape index (κ2) is 20.3. The molecule has 10 aliphatic rings. The maximum absolute atomic E-state index is 12.3. The Hall–Kier alpha value is -1.10. The molecule has 1 spiro atoms. The van der Waals surface area contributed by atoms with E-state index in [-0.39, 0.29) is 40.6 Å². The number of hydrogen-bond donors (Lipinski definition) is 11. The van der Waals surface area contributed by atoms with E-state index in [9.17, 15) is 56.2 Å². The summed E-state index contributed by atoms with van der Waals surface area (Å²) in [5.74, 6) is 1.12. The van der Waals surface area contributed by atoms with Gasteiger partial charge in [0, 0.05) is 12.3 Å². The lowest BCUT2D eigenvalue weighted by Crippen LogP contribution is -2.67. The van der Waals surface area contributed by atoms with E-state index in [0.29, 0.717) is 31.3 Å². The van der Waals surface area contributed by atoms with E-state index in [1.54, 1.807) is 0 Å². The molecule has 3 saturated carbocycles. The van der Waals surface area contributed by atoms with Crippen LogP contribution in [0.4, 0.5) is 0 Å². The summed E-state index contributed by atoms with van der Waals surface area (Å²) in [4.78, 5) is 0. The normalized spacial score (nSPS) is 58.8. The second-order valence-corrected chi connectivity index (χ2v) is 24.0. The first kappa shape index (κ1) is 54.3. The van der Waals surface area contributed by atoms with Crippen LogP contribution in [0.5, 0.6) is 0 Å². The third kappa shape index (κ3) is 9.00. The number of aliphatic hydroxyl groups is 11. The van der Waals surface area contributed by atoms with Crippen molar-refractivity contribution in [1.82, 2.24) is 0 Å². The monoisotopic (exact) mass is 1030 g/mol. The molecule has 21 heteroatoms. The quantitative estimate of drug-likeness (QED) is 0.124. The van der Waals surface area contributed by atoms with Crippen molar-refractivity contribution in [2.45, 2.75) is 247 Å². The van der Waals surface area contributed by atoms with Crippen molar-refractivity contribution in [3.8, 4) is 0 Å². The predicted molar refractivity (Wildman–Crippen MR) is 245 cm³/mol. The molecule has 0 aromatic carbocycles. The third-order valence-electron chi connectivity index (χ3n) is 19.7. The van der Waals surface area contributed by atoms with E-state index in [1.807, 2.05) is 6.08 Å². The molecule has 72 heavy (non-hydrogen) atoms. The molecular formula is C51H82O21. The molecule has 9 fully saturated rings. The van der Waals surface area contributed by atoms with E-state index < -0.39 is 147 Å². The van der Waals surface area contributed by atoms with E-state index in [2.05, 4.69) is 27.7 Å². The highest BCUT2D eigenvalue weighted by atomic mass is 16.8. The number of fused-ring (bicyclic) bond motifs is 7. The van der Waals surface area contributed by atoms with Crippen molar-refractivity contribution in [2.24, 2.45) is 46.3 Å². The smallest absolute Gasteiger partial charge is 0.187 e. The first-order chi connectivity index (χ1) is 34.0. The van der Waals surface area contributed by atoms with Crippen LogP contribution in [-0.2, 0) is 47.4 Å². The summed E-state index contributed by atoms with van der Waals surface area (Å²) < 4.78 is 62.0. The summed E-state index contributed by atoms with van der Waals surface area (Å²) in [6.07, 6.45) is -22.8. The van der Waals surface area contributed by atoms with Gasteiger partial charge in [0.15, 0.2) is 30.9 Å². The van der Waals surface area contributed by atoms with Gasteiger partial charge in [0.05, 0.1) is 49.8 Å². The van der Waals surface area contributed by atoms with Crippen LogP contribution >= 0.6 is 0 Å². The average molecular weight is 1030 g/mol. The Balaban J connectivity index is 0.847. The summed E-state index contributed by atoms with van der Waals surface area (Å²) in [5, 5.41) is 121. The fraction of sp³-hybridized carbons (Fsp3) is 0.961. The second-order valence-electron chi connectivity index (χ2n) is 24.0. The Bertz CT molecular complexity index is 1920. The zero-order valence-corrected chi connectivity index (χ0v) is 42.4. The standard InChI is InChI=1S/C51H82O21/c1-19-8-13-51(63-18-19)20(2)32-29(72-51)16-27-31-26(10-12-50(27,32)7)49(6)11-9-25(14-24(49)15-28(31)53)67-48-44(71-46-39(60)36(57)34(55)22(4)65-46)41(62)43(30(17-52)68-48)70-47-40(61)37(58)42(23(5)66-47)69-45-38(59)35(56)33(54)21(3)64-45/h15,19-23,25-48,52-62H,8-14,16-18H2,1-7H3. The highest BCUT2D eigenvalue weighted by Crippen LogP contribution is 2.71. The lowest BCUT2D eigenvalue weighted by Gasteiger charge is -2.59. The summed E-state index contributed by atoms with van der Waals surface area (Å²) >= 11 is 0. The van der Waals surface area contributed by atoms with Gasteiger partial charge in [-0.3, -0.25) is 0 Å². The van der Waals surface area contributed by atoms with Gasteiger partial charge in [0.1, 0.15) is 79.4 Å². The van der Waals surface area contributed by atoms with Crippen molar-refractivity contribution in [2.75, 3.05) is 13.2 Å². The number of hydrogen-bond acceptors (Lipinski definition) is 21. The maximum Gasteiger partial charge on any atom is 0.187 e. The van der Waals surface area contributed by atoms with Crippen LogP contribution in [0.2, 0.25) is 0 Å². The largest absolute Gasteiger partial charge is 0.394 e. The molecule has 32 unspecified atom stereocenters. The van der Waals surface area contributed by atoms with Crippen molar-refractivity contribution < 1.29 is 104 Å². The minimum atomic E-state index is -1.87. The van der Waals surface area contributed by atoms with Crippen molar-refractivity contribution in [3.05, 3.63) is 11.6 Å². The predicted octanol–water partition coefficient (Wildman–Crippen LogP) is -0.936. The highest BCUT2D eigenvalue weighted by Gasteiger charge is 2.70. The lowest BCUT2D eigenvalue weighted by atomic mass is 9.46. The molecule has 32 atom stereocenters. The van der Waals surface area contributed by atoms with Crippen LogP contribution in [0.25, 0.3) is 0 Å². The molecule has 0 bridgehead atoms. The van der Waals surface area contributed by atoms with Crippen LogP contribution in [0.3, 0.4) is 0 Å². The molecule has 21 nitrogen and oxygen atoms in total. The van der Waals surface area contributed by atoms with Gasteiger partial charge in [-0.2, -0.15) is 0 Å². The van der Waals surface area contributed by atoms with Gasteiger partial charge in [-0.25, -0.2) is 0 Å². The summed E-state index contributed by atoms with van der Waals surface area (Å²) in [7, 11) is 0. The molecule has 6 aliphatic heterocycles. The average Bonchev–Trinajstić information content (AvgIpc) is 3.79. The molecule has 10 rings (SSSR count). The Morgan fingerprint density at radius 3 is 1.79 bits per heavy atom. The molecule has 11 N–H and O–H groups in total. The van der Waals surface area contributed by atoms with Gasteiger partial charge in [-0.1, -0.05) is 39.3 Å². The van der Waals surface area contributed by atoms with Crippen LogP contribution in [0, 0.1) is 46.3 Å². The summed E-state index contributed by atoms with van der Waals surface area (Å²) in [5.41, 5.74) is 0.824. The number of ether oxygens (including phenoxy) is 10. The van der Waals surface area contributed by atoms with Crippen molar-refractivity contribution in [1.29, 1.82) is 0 Å². The van der Waals surface area contributed by atoms with Crippen LogP contribution < -0.4 is 0 Å². The zero-order valence-electron chi connectivity index (χ0n) is 42.4. The van der Waals surface area contributed by atoms with Crippen LogP contribution in [0.15, 0.2) is 11.6 Å².